The molecule has 0 radical (unpaired) electrons. The van der Waals surface area contributed by atoms with Gasteiger partial charge in [0.05, 0.1) is 19.6 Å². The van der Waals surface area contributed by atoms with Crippen molar-refractivity contribution >= 4 is 11.6 Å². The second-order valence-electron chi connectivity index (χ2n) is 7.64. The number of ether oxygens (including phenoxy) is 1. The van der Waals surface area contributed by atoms with Crippen LogP contribution in [-0.2, 0) is 16.0 Å². The lowest BCUT2D eigenvalue weighted by Gasteiger charge is -2.42. The van der Waals surface area contributed by atoms with E-state index in [-0.39, 0.29) is 11.3 Å². The number of carbonyl (C=O) groups excluding carboxylic acids is 1. The molecule has 1 aliphatic carbocycles. The zero-order valence-corrected chi connectivity index (χ0v) is 15.1. The molecule has 0 aromatic heterocycles. The first-order valence-electron chi connectivity index (χ1n) is 9.57. The highest BCUT2D eigenvalue weighted by Gasteiger charge is 2.34. The Morgan fingerprint density at radius 2 is 1.80 bits per heavy atom. The quantitative estimate of drug-likeness (QED) is 0.776. The Morgan fingerprint density at radius 1 is 1.12 bits per heavy atom. The number of hydrogen-bond donors (Lipinski definition) is 2. The average molecular weight is 345 g/mol. The molecule has 2 fully saturated rings. The topological polar surface area (TPSA) is 67.6 Å². The van der Waals surface area contributed by atoms with Gasteiger partial charge in [0.15, 0.2) is 0 Å². The van der Waals surface area contributed by atoms with Crippen LogP contribution in [0.4, 0.5) is 5.69 Å². The van der Waals surface area contributed by atoms with Crippen molar-refractivity contribution < 1.29 is 9.53 Å². The fraction of sp³-hybridized carbons (Fsp3) is 0.650. The summed E-state index contributed by atoms with van der Waals surface area (Å²) in [4.78, 5) is 14.9. The third-order valence-corrected chi connectivity index (χ3v) is 5.58. The van der Waals surface area contributed by atoms with Gasteiger partial charge < -0.3 is 15.8 Å². The predicted molar refractivity (Wildman–Crippen MR) is 100 cm³/mol. The molecule has 0 unspecified atom stereocenters. The van der Waals surface area contributed by atoms with Crippen molar-refractivity contribution in [3.63, 3.8) is 0 Å². The van der Waals surface area contributed by atoms with E-state index in [2.05, 4.69) is 10.2 Å². The standard InChI is InChI=1S/C20H31N3O2/c21-18-6-4-17(5-7-18)14-19(24)22-15-20(8-2-1-3-9-20)16-23-10-12-25-13-11-23/h4-7H,1-3,8-16,21H2,(H,22,24). The number of rotatable bonds is 6. The molecule has 5 heteroatoms. The van der Waals surface area contributed by atoms with Crippen molar-refractivity contribution in [3.05, 3.63) is 29.8 Å². The van der Waals surface area contributed by atoms with E-state index in [1.54, 1.807) is 0 Å². The minimum absolute atomic E-state index is 0.108. The summed E-state index contributed by atoms with van der Waals surface area (Å²) in [5.74, 6) is 0.108. The molecule has 0 bridgehead atoms. The zero-order chi connectivity index (χ0) is 17.5. The van der Waals surface area contributed by atoms with E-state index in [1.807, 2.05) is 24.3 Å². The van der Waals surface area contributed by atoms with Crippen LogP contribution in [0.5, 0.6) is 0 Å². The molecule has 138 valence electrons. The summed E-state index contributed by atoms with van der Waals surface area (Å²) >= 11 is 0. The maximum Gasteiger partial charge on any atom is 0.224 e. The summed E-state index contributed by atoms with van der Waals surface area (Å²) in [6.45, 7) is 5.57. The molecule has 1 heterocycles. The Bertz CT molecular complexity index is 547. The van der Waals surface area contributed by atoms with Crippen molar-refractivity contribution in [1.29, 1.82) is 0 Å². The number of amides is 1. The fourth-order valence-corrected chi connectivity index (χ4v) is 4.10. The second kappa shape index (κ2) is 8.68. The van der Waals surface area contributed by atoms with E-state index < -0.39 is 0 Å². The lowest BCUT2D eigenvalue weighted by molar-refractivity contribution is -0.121. The van der Waals surface area contributed by atoms with Gasteiger partial charge in [0, 0.05) is 37.3 Å². The summed E-state index contributed by atoms with van der Waals surface area (Å²) in [5.41, 5.74) is 7.68. The number of anilines is 1. The normalized spacial score (nSPS) is 21.0. The highest BCUT2D eigenvalue weighted by molar-refractivity contribution is 5.78. The highest BCUT2D eigenvalue weighted by atomic mass is 16.5. The Hall–Kier alpha value is -1.59. The lowest BCUT2D eigenvalue weighted by atomic mass is 9.73. The van der Waals surface area contributed by atoms with Gasteiger partial charge >= 0.3 is 0 Å². The first kappa shape index (κ1) is 18.2. The van der Waals surface area contributed by atoms with Crippen LogP contribution in [0, 0.1) is 5.41 Å². The van der Waals surface area contributed by atoms with Crippen LogP contribution in [0.3, 0.4) is 0 Å². The Labute approximate surface area is 150 Å². The molecule has 3 rings (SSSR count). The van der Waals surface area contributed by atoms with E-state index in [4.69, 9.17) is 10.5 Å². The van der Waals surface area contributed by atoms with Gasteiger partial charge in [0.2, 0.25) is 5.91 Å². The third kappa shape index (κ3) is 5.44. The molecule has 1 aliphatic heterocycles. The van der Waals surface area contributed by atoms with Crippen LogP contribution >= 0.6 is 0 Å². The van der Waals surface area contributed by atoms with Crippen LogP contribution in [0.15, 0.2) is 24.3 Å². The molecule has 1 saturated heterocycles. The molecule has 1 saturated carbocycles. The maximum atomic E-state index is 12.4. The number of nitrogens with two attached hydrogens (primary N) is 1. The number of morpholine rings is 1. The molecule has 0 spiro atoms. The van der Waals surface area contributed by atoms with Crippen LogP contribution in [0.2, 0.25) is 0 Å². The van der Waals surface area contributed by atoms with E-state index in [9.17, 15) is 4.79 Å². The number of nitrogens with zero attached hydrogens (tertiary/aromatic N) is 1. The van der Waals surface area contributed by atoms with Gasteiger partial charge in [-0.05, 0) is 30.5 Å². The molecular formula is C20H31N3O2. The van der Waals surface area contributed by atoms with Crippen LogP contribution in [-0.4, -0.2) is 50.2 Å². The van der Waals surface area contributed by atoms with Crippen molar-refractivity contribution in [2.24, 2.45) is 5.41 Å². The van der Waals surface area contributed by atoms with Gasteiger partial charge in [-0.15, -0.1) is 0 Å². The van der Waals surface area contributed by atoms with Crippen molar-refractivity contribution in [3.8, 4) is 0 Å². The first-order chi connectivity index (χ1) is 12.2. The summed E-state index contributed by atoms with van der Waals surface area (Å²) in [7, 11) is 0. The maximum absolute atomic E-state index is 12.4. The number of nitrogens with one attached hydrogen (secondary N) is 1. The Morgan fingerprint density at radius 3 is 2.48 bits per heavy atom. The molecule has 2 aliphatic rings. The number of hydrogen-bond acceptors (Lipinski definition) is 4. The SMILES string of the molecule is Nc1ccc(CC(=O)NCC2(CN3CCOCC3)CCCCC2)cc1. The minimum Gasteiger partial charge on any atom is -0.399 e. The van der Waals surface area contributed by atoms with Gasteiger partial charge in [-0.1, -0.05) is 31.4 Å². The summed E-state index contributed by atoms with van der Waals surface area (Å²) in [6, 6.07) is 7.56. The van der Waals surface area contributed by atoms with Gasteiger partial charge in [0.25, 0.3) is 0 Å². The van der Waals surface area contributed by atoms with Gasteiger partial charge in [-0.25, -0.2) is 0 Å². The molecule has 5 nitrogen and oxygen atoms in total. The van der Waals surface area contributed by atoms with Gasteiger partial charge in [-0.3, -0.25) is 9.69 Å². The van der Waals surface area contributed by atoms with Gasteiger partial charge in [-0.2, -0.15) is 0 Å². The van der Waals surface area contributed by atoms with Crippen LogP contribution in [0.25, 0.3) is 0 Å². The first-order valence-corrected chi connectivity index (χ1v) is 9.57. The number of carbonyl (C=O) groups is 1. The predicted octanol–water partition coefficient (Wildman–Crippen LogP) is 2.21. The lowest BCUT2D eigenvalue weighted by Crippen LogP contribution is -2.49. The Balaban J connectivity index is 1.54. The highest BCUT2D eigenvalue weighted by Crippen LogP contribution is 2.36. The molecule has 1 aromatic carbocycles. The Kier molecular flexibility index (Phi) is 6.32. The van der Waals surface area contributed by atoms with Crippen molar-refractivity contribution in [2.75, 3.05) is 45.1 Å². The summed E-state index contributed by atoms with van der Waals surface area (Å²) in [5, 5.41) is 3.22. The number of nitrogen functional groups attached to an aromatic ring is 1. The molecule has 3 N–H and O–H groups in total. The van der Waals surface area contributed by atoms with Crippen molar-refractivity contribution in [1.82, 2.24) is 10.2 Å². The van der Waals surface area contributed by atoms with E-state index in [0.29, 0.717) is 6.42 Å². The second-order valence-corrected chi connectivity index (χ2v) is 7.64. The monoisotopic (exact) mass is 345 g/mol. The van der Waals surface area contributed by atoms with E-state index >= 15 is 0 Å². The van der Waals surface area contributed by atoms with E-state index in [0.717, 1.165) is 50.6 Å². The van der Waals surface area contributed by atoms with Crippen LogP contribution in [0.1, 0.15) is 37.7 Å². The molecule has 25 heavy (non-hydrogen) atoms. The third-order valence-electron chi connectivity index (χ3n) is 5.58. The molecule has 0 atom stereocenters. The zero-order valence-electron chi connectivity index (χ0n) is 15.1. The molecular weight excluding hydrogens is 314 g/mol. The summed E-state index contributed by atoms with van der Waals surface area (Å²) < 4.78 is 5.47. The minimum atomic E-state index is 0.108. The smallest absolute Gasteiger partial charge is 0.224 e. The van der Waals surface area contributed by atoms with E-state index in [1.165, 1.54) is 32.1 Å². The summed E-state index contributed by atoms with van der Waals surface area (Å²) in [6.07, 6.45) is 6.73. The largest absolute Gasteiger partial charge is 0.399 e. The van der Waals surface area contributed by atoms with Gasteiger partial charge in [0.1, 0.15) is 0 Å². The average Bonchev–Trinajstić information content (AvgIpc) is 2.64. The number of benzene rings is 1. The van der Waals surface area contributed by atoms with Crippen LogP contribution < -0.4 is 11.1 Å². The molecule has 1 amide bonds. The fourth-order valence-electron chi connectivity index (χ4n) is 4.10. The molecule has 1 aromatic rings. The van der Waals surface area contributed by atoms with Crippen molar-refractivity contribution in [2.45, 2.75) is 38.5 Å².